The van der Waals surface area contributed by atoms with E-state index in [0.29, 0.717) is 11.5 Å². The van der Waals surface area contributed by atoms with Crippen LogP contribution in [0.4, 0.5) is 5.69 Å². The fourth-order valence-electron chi connectivity index (χ4n) is 2.70. The number of aryl methyl sites for hydroxylation is 3. The molecule has 1 N–H and O–H groups in total. The Morgan fingerprint density at radius 2 is 1.80 bits per heavy atom. The molecule has 0 fully saturated rings. The Morgan fingerprint density at radius 3 is 2.48 bits per heavy atom. The molecule has 0 aliphatic rings. The van der Waals surface area contributed by atoms with Gasteiger partial charge in [0, 0.05) is 5.69 Å². The smallest absolute Gasteiger partial charge is 0.324 e. The van der Waals surface area contributed by atoms with E-state index in [0.717, 1.165) is 16.8 Å². The second kappa shape index (κ2) is 6.76. The molecule has 1 amide bonds. The number of para-hydroxylation sites is 1. The van der Waals surface area contributed by atoms with E-state index in [9.17, 15) is 9.59 Å². The number of nitrogens with one attached hydrogen (secondary N) is 1. The monoisotopic (exact) mass is 336 g/mol. The van der Waals surface area contributed by atoms with Crippen LogP contribution in [0, 0.1) is 20.8 Å². The summed E-state index contributed by atoms with van der Waals surface area (Å²) >= 11 is 0. The standard InChI is InChI=1S/C19H20N4O2/c1-13-9-10-17(14(2)11-13)20-18(24)12-22-15(3)21-23(19(22)25)16-7-5-4-6-8-16/h4-11H,12H2,1-3H3,(H,20,24). The molecule has 0 unspecified atom stereocenters. The van der Waals surface area contributed by atoms with E-state index in [4.69, 9.17) is 0 Å². The molecule has 1 heterocycles. The van der Waals surface area contributed by atoms with Crippen LogP contribution in [0.2, 0.25) is 0 Å². The van der Waals surface area contributed by atoms with Crippen molar-refractivity contribution in [1.29, 1.82) is 0 Å². The zero-order valence-electron chi connectivity index (χ0n) is 14.5. The first kappa shape index (κ1) is 16.7. The SMILES string of the molecule is Cc1ccc(NC(=O)Cn2c(C)nn(-c3ccccc3)c2=O)c(C)c1. The van der Waals surface area contributed by atoms with Crippen LogP contribution in [-0.4, -0.2) is 20.3 Å². The lowest BCUT2D eigenvalue weighted by atomic mass is 10.1. The molecule has 2 aromatic carbocycles. The van der Waals surface area contributed by atoms with Gasteiger partial charge in [-0.1, -0.05) is 35.9 Å². The van der Waals surface area contributed by atoms with Crippen molar-refractivity contribution in [3.8, 4) is 5.69 Å². The first-order valence-electron chi connectivity index (χ1n) is 8.04. The number of benzene rings is 2. The van der Waals surface area contributed by atoms with Crippen molar-refractivity contribution in [1.82, 2.24) is 14.3 Å². The van der Waals surface area contributed by atoms with Gasteiger partial charge in [-0.25, -0.2) is 4.79 Å². The highest BCUT2D eigenvalue weighted by atomic mass is 16.2. The van der Waals surface area contributed by atoms with E-state index >= 15 is 0 Å². The summed E-state index contributed by atoms with van der Waals surface area (Å²) in [5.41, 5.74) is 3.20. The lowest BCUT2D eigenvalue weighted by molar-refractivity contribution is -0.116. The molecule has 0 aliphatic heterocycles. The summed E-state index contributed by atoms with van der Waals surface area (Å²) in [5, 5.41) is 7.11. The molecule has 3 rings (SSSR count). The van der Waals surface area contributed by atoms with Crippen LogP contribution >= 0.6 is 0 Å². The molecule has 6 nitrogen and oxygen atoms in total. The average molecular weight is 336 g/mol. The third-order valence-corrected chi connectivity index (χ3v) is 4.01. The third kappa shape index (κ3) is 3.52. The maximum Gasteiger partial charge on any atom is 0.351 e. The summed E-state index contributed by atoms with van der Waals surface area (Å²) in [6.45, 7) is 5.57. The fraction of sp³-hybridized carbons (Fsp3) is 0.211. The van der Waals surface area contributed by atoms with Crippen molar-refractivity contribution < 1.29 is 4.79 Å². The Hall–Kier alpha value is -3.15. The number of carbonyl (C=O) groups is 1. The molecule has 0 radical (unpaired) electrons. The molecule has 0 atom stereocenters. The van der Waals surface area contributed by atoms with Gasteiger partial charge in [0.25, 0.3) is 0 Å². The average Bonchev–Trinajstić information content (AvgIpc) is 2.86. The van der Waals surface area contributed by atoms with E-state index in [1.807, 2.05) is 50.2 Å². The largest absolute Gasteiger partial charge is 0.351 e. The van der Waals surface area contributed by atoms with Gasteiger partial charge in [-0.2, -0.15) is 9.78 Å². The van der Waals surface area contributed by atoms with Crippen LogP contribution in [0.3, 0.4) is 0 Å². The number of hydrogen-bond donors (Lipinski definition) is 1. The van der Waals surface area contributed by atoms with Crippen LogP contribution in [0.15, 0.2) is 53.3 Å². The summed E-state index contributed by atoms with van der Waals surface area (Å²) in [7, 11) is 0. The van der Waals surface area contributed by atoms with Gasteiger partial charge in [0.05, 0.1) is 5.69 Å². The third-order valence-electron chi connectivity index (χ3n) is 4.01. The minimum Gasteiger partial charge on any atom is -0.324 e. The number of rotatable bonds is 4. The number of anilines is 1. The molecule has 0 aliphatic carbocycles. The maximum atomic E-state index is 12.6. The number of aromatic nitrogens is 3. The van der Waals surface area contributed by atoms with Crippen molar-refractivity contribution in [2.45, 2.75) is 27.3 Å². The van der Waals surface area contributed by atoms with Crippen LogP contribution in [0.5, 0.6) is 0 Å². The lowest BCUT2D eigenvalue weighted by Gasteiger charge is -2.09. The minimum absolute atomic E-state index is 0.0786. The van der Waals surface area contributed by atoms with Gasteiger partial charge in [0.2, 0.25) is 5.91 Å². The zero-order valence-corrected chi connectivity index (χ0v) is 14.5. The molecule has 0 bridgehead atoms. The second-order valence-corrected chi connectivity index (χ2v) is 6.03. The first-order valence-corrected chi connectivity index (χ1v) is 8.04. The van der Waals surface area contributed by atoms with E-state index in [1.54, 1.807) is 19.1 Å². The fourth-order valence-corrected chi connectivity index (χ4v) is 2.70. The molecular weight excluding hydrogens is 316 g/mol. The Morgan fingerprint density at radius 1 is 1.08 bits per heavy atom. The molecule has 6 heteroatoms. The van der Waals surface area contributed by atoms with Gasteiger partial charge in [-0.3, -0.25) is 9.36 Å². The second-order valence-electron chi connectivity index (χ2n) is 6.03. The zero-order chi connectivity index (χ0) is 18.0. The highest BCUT2D eigenvalue weighted by Crippen LogP contribution is 2.16. The Kier molecular flexibility index (Phi) is 4.52. The first-order chi connectivity index (χ1) is 12.0. The molecule has 0 saturated heterocycles. The van der Waals surface area contributed by atoms with Gasteiger partial charge < -0.3 is 5.32 Å². The van der Waals surface area contributed by atoms with Gasteiger partial charge >= 0.3 is 5.69 Å². The minimum atomic E-state index is -0.334. The van der Waals surface area contributed by atoms with Crippen molar-refractivity contribution in [3.63, 3.8) is 0 Å². The normalized spacial score (nSPS) is 10.7. The number of amides is 1. The van der Waals surface area contributed by atoms with Crippen molar-refractivity contribution in [2.24, 2.45) is 0 Å². The summed E-state index contributed by atoms with van der Waals surface area (Å²) in [6.07, 6.45) is 0. The van der Waals surface area contributed by atoms with Crippen LogP contribution in [0.1, 0.15) is 17.0 Å². The van der Waals surface area contributed by atoms with Gasteiger partial charge in [0.15, 0.2) is 0 Å². The van der Waals surface area contributed by atoms with E-state index < -0.39 is 0 Å². The Balaban J connectivity index is 1.82. The highest BCUT2D eigenvalue weighted by Gasteiger charge is 2.15. The van der Waals surface area contributed by atoms with E-state index in [2.05, 4.69) is 10.4 Å². The predicted molar refractivity (Wildman–Crippen MR) is 97.1 cm³/mol. The van der Waals surface area contributed by atoms with Gasteiger partial charge in [0.1, 0.15) is 12.4 Å². The molecule has 0 spiro atoms. The van der Waals surface area contributed by atoms with Crippen LogP contribution in [0.25, 0.3) is 5.69 Å². The predicted octanol–water partition coefficient (Wildman–Crippen LogP) is 2.60. The highest BCUT2D eigenvalue weighted by molar-refractivity contribution is 5.91. The number of nitrogens with zero attached hydrogens (tertiary/aromatic N) is 3. The van der Waals surface area contributed by atoms with Crippen molar-refractivity contribution in [2.75, 3.05) is 5.32 Å². The van der Waals surface area contributed by atoms with E-state index in [-0.39, 0.29) is 18.1 Å². The van der Waals surface area contributed by atoms with Crippen LogP contribution in [-0.2, 0) is 11.3 Å². The molecule has 1 aromatic heterocycles. The van der Waals surface area contributed by atoms with Gasteiger partial charge in [-0.15, -0.1) is 0 Å². The topological polar surface area (TPSA) is 68.9 Å². The number of hydrogen-bond acceptors (Lipinski definition) is 3. The van der Waals surface area contributed by atoms with Crippen LogP contribution < -0.4 is 11.0 Å². The quantitative estimate of drug-likeness (QED) is 0.796. The summed E-state index contributed by atoms with van der Waals surface area (Å²) in [6, 6.07) is 14.9. The maximum absolute atomic E-state index is 12.6. The Labute approximate surface area is 145 Å². The molecule has 25 heavy (non-hydrogen) atoms. The molecule has 128 valence electrons. The Bertz CT molecular complexity index is 971. The molecule has 0 saturated carbocycles. The summed E-state index contributed by atoms with van der Waals surface area (Å²) in [4.78, 5) is 24.9. The number of carbonyl (C=O) groups excluding carboxylic acids is 1. The molecule has 3 aromatic rings. The van der Waals surface area contributed by atoms with E-state index in [1.165, 1.54) is 9.25 Å². The lowest BCUT2D eigenvalue weighted by Crippen LogP contribution is -2.29. The van der Waals surface area contributed by atoms with Gasteiger partial charge in [-0.05, 0) is 44.5 Å². The van der Waals surface area contributed by atoms with Crippen molar-refractivity contribution >= 4 is 11.6 Å². The summed E-state index contributed by atoms with van der Waals surface area (Å²) in [5.74, 6) is 0.231. The molecular formula is C19H20N4O2. The summed E-state index contributed by atoms with van der Waals surface area (Å²) < 4.78 is 2.67. The van der Waals surface area contributed by atoms with Crippen molar-refractivity contribution in [3.05, 3.63) is 76.0 Å².